The minimum absolute atomic E-state index is 0.167. The molecule has 1 unspecified atom stereocenters. The second-order valence-corrected chi connectivity index (χ2v) is 6.28. The number of anilines is 2. The van der Waals surface area contributed by atoms with Crippen molar-refractivity contribution in [3.63, 3.8) is 0 Å². The lowest BCUT2D eigenvalue weighted by Gasteiger charge is -2.23. The number of amides is 4. The van der Waals surface area contributed by atoms with Gasteiger partial charge in [-0.3, -0.25) is 9.59 Å². The third kappa shape index (κ3) is 5.77. The molecular formula is C18H26N4O3. The molecular weight excluding hydrogens is 320 g/mol. The molecule has 136 valence electrons. The minimum atomic E-state index is -0.528. The Morgan fingerprint density at radius 2 is 1.76 bits per heavy atom. The highest BCUT2D eigenvalue weighted by molar-refractivity contribution is 5.98. The average Bonchev–Trinajstić information content (AvgIpc) is 3.07. The fourth-order valence-electron chi connectivity index (χ4n) is 3.14. The van der Waals surface area contributed by atoms with Gasteiger partial charge in [0.1, 0.15) is 6.04 Å². The van der Waals surface area contributed by atoms with E-state index < -0.39 is 6.04 Å². The Bertz CT molecular complexity index is 627. The van der Waals surface area contributed by atoms with Gasteiger partial charge in [-0.1, -0.05) is 18.9 Å². The van der Waals surface area contributed by atoms with Crippen molar-refractivity contribution < 1.29 is 14.4 Å². The summed E-state index contributed by atoms with van der Waals surface area (Å²) in [5.74, 6) is -0.267. The zero-order valence-corrected chi connectivity index (χ0v) is 14.7. The van der Waals surface area contributed by atoms with E-state index in [1.165, 1.54) is 6.92 Å². The molecule has 1 aliphatic carbocycles. The van der Waals surface area contributed by atoms with Crippen molar-refractivity contribution in [1.82, 2.24) is 10.6 Å². The van der Waals surface area contributed by atoms with Crippen LogP contribution < -0.4 is 21.3 Å². The molecule has 4 N–H and O–H groups in total. The number of hydrogen-bond acceptors (Lipinski definition) is 3. The van der Waals surface area contributed by atoms with Crippen molar-refractivity contribution in [2.45, 2.75) is 45.6 Å². The normalized spacial score (nSPS) is 15.3. The van der Waals surface area contributed by atoms with Gasteiger partial charge < -0.3 is 21.3 Å². The number of benzene rings is 1. The largest absolute Gasteiger partial charge is 0.344 e. The van der Waals surface area contributed by atoms with E-state index in [0.717, 1.165) is 25.7 Å². The van der Waals surface area contributed by atoms with Crippen molar-refractivity contribution in [2.24, 2.45) is 5.92 Å². The number of carbonyl (C=O) groups is 3. The summed E-state index contributed by atoms with van der Waals surface area (Å²) in [5.41, 5.74) is 1.16. The fourth-order valence-corrected chi connectivity index (χ4v) is 3.14. The van der Waals surface area contributed by atoms with Crippen LogP contribution in [0.5, 0.6) is 0 Å². The average molecular weight is 346 g/mol. The summed E-state index contributed by atoms with van der Waals surface area (Å²) in [6, 6.07) is 6.10. The molecule has 0 spiro atoms. The monoisotopic (exact) mass is 346 g/mol. The van der Waals surface area contributed by atoms with E-state index >= 15 is 0 Å². The van der Waals surface area contributed by atoms with Crippen molar-refractivity contribution in [3.8, 4) is 0 Å². The number of nitrogens with one attached hydrogen (secondary N) is 4. The van der Waals surface area contributed by atoms with Gasteiger partial charge in [0.2, 0.25) is 11.8 Å². The molecule has 7 nitrogen and oxygen atoms in total. The van der Waals surface area contributed by atoms with Gasteiger partial charge in [-0.25, -0.2) is 4.79 Å². The molecule has 4 amide bonds. The highest BCUT2D eigenvalue weighted by Gasteiger charge is 2.31. The Morgan fingerprint density at radius 1 is 1.12 bits per heavy atom. The maximum atomic E-state index is 12.6. The molecule has 0 aliphatic heterocycles. The molecule has 0 bridgehead atoms. The van der Waals surface area contributed by atoms with Crippen LogP contribution in [0.4, 0.5) is 16.2 Å². The predicted molar refractivity (Wildman–Crippen MR) is 97.3 cm³/mol. The molecule has 1 fully saturated rings. The standard InChI is InChI=1S/C18H26N4O3/c1-3-19-18(25)22-15-10-6-9-14(11-15)21-17(24)16(20-12(2)23)13-7-4-5-8-13/h6,9-11,13,16H,3-5,7-8H2,1-2H3,(H,20,23)(H,21,24)(H2,19,22,25). The number of rotatable bonds is 6. The van der Waals surface area contributed by atoms with Crippen LogP contribution in [0.3, 0.4) is 0 Å². The summed E-state index contributed by atoms with van der Waals surface area (Å²) < 4.78 is 0. The Morgan fingerprint density at radius 3 is 2.36 bits per heavy atom. The van der Waals surface area contributed by atoms with Crippen LogP contribution in [0.1, 0.15) is 39.5 Å². The first kappa shape index (κ1) is 18.8. The molecule has 1 aliphatic rings. The van der Waals surface area contributed by atoms with Gasteiger partial charge in [0, 0.05) is 24.8 Å². The number of carbonyl (C=O) groups excluding carboxylic acids is 3. The van der Waals surface area contributed by atoms with Gasteiger partial charge in [0.05, 0.1) is 0 Å². The zero-order chi connectivity index (χ0) is 18.2. The SMILES string of the molecule is CCNC(=O)Nc1cccc(NC(=O)C(NC(C)=O)C2CCCC2)c1. The Balaban J connectivity index is 2.04. The zero-order valence-electron chi connectivity index (χ0n) is 14.7. The fraction of sp³-hybridized carbons (Fsp3) is 0.500. The van der Waals surface area contributed by atoms with Crippen LogP contribution in [-0.4, -0.2) is 30.4 Å². The smallest absolute Gasteiger partial charge is 0.319 e. The van der Waals surface area contributed by atoms with Crippen LogP contribution >= 0.6 is 0 Å². The van der Waals surface area contributed by atoms with E-state index in [2.05, 4.69) is 21.3 Å². The topological polar surface area (TPSA) is 99.3 Å². The van der Waals surface area contributed by atoms with Gasteiger partial charge in [-0.15, -0.1) is 0 Å². The molecule has 7 heteroatoms. The van der Waals surface area contributed by atoms with Gasteiger partial charge in [0.15, 0.2) is 0 Å². The van der Waals surface area contributed by atoms with E-state index in [9.17, 15) is 14.4 Å². The first-order chi connectivity index (χ1) is 12.0. The summed E-state index contributed by atoms with van der Waals surface area (Å²) in [4.78, 5) is 35.7. The summed E-state index contributed by atoms with van der Waals surface area (Å²) in [5, 5.41) is 11.0. The van der Waals surface area contributed by atoms with E-state index in [1.54, 1.807) is 24.3 Å². The summed E-state index contributed by atoms with van der Waals surface area (Å²) in [7, 11) is 0. The second-order valence-electron chi connectivity index (χ2n) is 6.28. The molecule has 25 heavy (non-hydrogen) atoms. The van der Waals surface area contributed by atoms with Crippen LogP contribution in [0.25, 0.3) is 0 Å². The number of hydrogen-bond donors (Lipinski definition) is 4. The number of urea groups is 1. The Kier molecular flexibility index (Phi) is 6.80. The van der Waals surface area contributed by atoms with Crippen LogP contribution in [0, 0.1) is 5.92 Å². The molecule has 1 atom stereocenters. The molecule has 2 rings (SSSR count). The van der Waals surface area contributed by atoms with E-state index in [0.29, 0.717) is 17.9 Å². The molecule has 0 radical (unpaired) electrons. The second kappa shape index (κ2) is 9.05. The van der Waals surface area contributed by atoms with Crippen LogP contribution in [0.15, 0.2) is 24.3 Å². The Hall–Kier alpha value is -2.57. The van der Waals surface area contributed by atoms with Crippen molar-refractivity contribution in [3.05, 3.63) is 24.3 Å². The molecule has 1 aromatic carbocycles. The maximum Gasteiger partial charge on any atom is 0.319 e. The third-order valence-electron chi connectivity index (χ3n) is 4.24. The lowest BCUT2D eigenvalue weighted by molar-refractivity contribution is -0.126. The molecule has 0 aromatic heterocycles. The summed E-state index contributed by atoms with van der Waals surface area (Å²) in [6.07, 6.45) is 4.05. The van der Waals surface area contributed by atoms with Crippen LogP contribution in [-0.2, 0) is 9.59 Å². The predicted octanol–water partition coefficient (Wildman–Crippen LogP) is 2.46. The maximum absolute atomic E-state index is 12.6. The van der Waals surface area contributed by atoms with Gasteiger partial charge in [-0.2, -0.15) is 0 Å². The lowest BCUT2D eigenvalue weighted by atomic mass is 9.97. The van der Waals surface area contributed by atoms with E-state index in [1.807, 2.05) is 6.92 Å². The molecule has 0 saturated heterocycles. The van der Waals surface area contributed by atoms with Gasteiger partial charge in [0.25, 0.3) is 0 Å². The lowest BCUT2D eigenvalue weighted by Crippen LogP contribution is -2.47. The summed E-state index contributed by atoms with van der Waals surface area (Å²) in [6.45, 7) is 3.79. The Labute approximate surface area is 147 Å². The quantitative estimate of drug-likeness (QED) is 0.637. The highest BCUT2D eigenvalue weighted by Crippen LogP contribution is 2.28. The molecule has 0 heterocycles. The third-order valence-corrected chi connectivity index (χ3v) is 4.24. The first-order valence-electron chi connectivity index (χ1n) is 8.72. The van der Waals surface area contributed by atoms with Crippen LogP contribution in [0.2, 0.25) is 0 Å². The summed E-state index contributed by atoms with van der Waals surface area (Å²) >= 11 is 0. The van der Waals surface area contributed by atoms with Crippen molar-refractivity contribution in [2.75, 3.05) is 17.2 Å². The minimum Gasteiger partial charge on any atom is -0.344 e. The van der Waals surface area contributed by atoms with Gasteiger partial charge >= 0.3 is 6.03 Å². The highest BCUT2D eigenvalue weighted by atomic mass is 16.2. The molecule has 1 aromatic rings. The first-order valence-corrected chi connectivity index (χ1v) is 8.72. The van der Waals surface area contributed by atoms with Crippen molar-refractivity contribution in [1.29, 1.82) is 0 Å². The van der Waals surface area contributed by atoms with E-state index in [-0.39, 0.29) is 23.8 Å². The van der Waals surface area contributed by atoms with Gasteiger partial charge in [-0.05, 0) is 43.9 Å². The molecule has 1 saturated carbocycles. The van der Waals surface area contributed by atoms with E-state index in [4.69, 9.17) is 0 Å². The van der Waals surface area contributed by atoms with Crippen molar-refractivity contribution >= 4 is 29.2 Å².